The van der Waals surface area contributed by atoms with Gasteiger partial charge in [-0.05, 0) is 44.0 Å². The van der Waals surface area contributed by atoms with Gasteiger partial charge in [0.1, 0.15) is 0 Å². The number of aromatic nitrogens is 3. The molecular formula is C50H65IN9O7SSi. The van der Waals surface area contributed by atoms with Crippen LogP contribution in [0, 0.1) is 16.7 Å². The zero-order valence-corrected chi connectivity index (χ0v) is 44.9. The molecule has 0 aliphatic carbocycles. The number of halogens is 1. The number of hydrazine groups is 1. The molecule has 4 fully saturated rings. The number of urea groups is 1. The Morgan fingerprint density at radius 3 is 2.61 bits per heavy atom. The van der Waals surface area contributed by atoms with E-state index in [4.69, 9.17) is 19.4 Å². The Labute approximate surface area is 422 Å². The number of carbonyl (C=O) groups excluding carboxylic acids is 5. The zero-order chi connectivity index (χ0) is 49.2. The normalized spacial score (nSPS) is 26.8. The molecule has 0 saturated carbocycles. The van der Waals surface area contributed by atoms with E-state index in [1.807, 2.05) is 39.3 Å². The molecular weight excluding hydrogens is 1030 g/mol. The number of cyclic esters (lactones) is 1. The predicted molar refractivity (Wildman–Crippen MR) is 259 cm³/mol. The standard InChI is InChI=1S/C50H65IN9O7SSi/c1-9-58-37-14-13-31-22-33(37)34(41(58)32-12-10-18-52-40(32)30(4)66-8)24-48(5,6)28-67-46(64)50(69)15-11-20-59(56-50)44(62)35(23-39-54-36(31)26-68-39)55-43(61)42(29(2)3)60(7,38-25-51-38)47(65)57-21-17-49(27-57)16-19-53-45(49)63/h10,12-14,18,22,26,29-30,35,38,42,56H,9,11,15-17,19-21,23-25,27-28H2,1-8H3,(H,53,63)(H,55,61)/t30-,35-,38?,42-,49-,50-,60?/m0/s1. The smallest absolute Gasteiger partial charge is 0.0563 e. The molecule has 2 unspecified atom stereocenters. The minimum absolute atomic E-state index is 0.00270. The number of esters is 1. The first-order valence-electron chi connectivity index (χ1n) is 24.2. The Kier molecular flexibility index (Phi) is 13.7. The van der Waals surface area contributed by atoms with Crippen molar-refractivity contribution in [3.05, 3.63) is 58.2 Å². The number of carbonyl (C=O) groups is 5. The maximum absolute atomic E-state index is 15.1. The molecule has 69 heavy (non-hydrogen) atoms. The molecule has 3 N–H and O–H groups in total. The quantitative estimate of drug-likeness (QED) is 0.0561. The summed E-state index contributed by atoms with van der Waals surface area (Å²) in [6.07, 6.45) is 4.29. The summed E-state index contributed by atoms with van der Waals surface area (Å²) < 4.78 is 15.2. The van der Waals surface area contributed by atoms with Crippen LogP contribution in [-0.4, -0.2) is 142 Å². The van der Waals surface area contributed by atoms with E-state index in [1.54, 1.807) is 18.2 Å². The number of hydrogen-bond donors (Lipinski definition) is 3. The molecule has 5 aliphatic rings. The summed E-state index contributed by atoms with van der Waals surface area (Å²) in [5.41, 5.74) is 8.68. The number of alkyl halides is 2. The van der Waals surface area contributed by atoms with Crippen molar-refractivity contribution >= 4 is 62.2 Å². The number of likely N-dealkylation sites (N-methyl/N-ethyl adjacent to an activating group) is 1. The molecule has 9 rings (SSSR count). The summed E-state index contributed by atoms with van der Waals surface area (Å²) in [6, 6.07) is 8.40. The molecule has 16 nitrogen and oxygen atoms in total. The van der Waals surface area contributed by atoms with Gasteiger partial charge in [-0.25, -0.2) is 0 Å². The fourth-order valence-electron chi connectivity index (χ4n) is 11.2. The van der Waals surface area contributed by atoms with Crippen molar-refractivity contribution in [1.29, 1.82) is 0 Å². The second-order valence-electron chi connectivity index (χ2n) is 20.9. The third-order valence-corrected chi connectivity index (χ3v) is 19.3. The van der Waals surface area contributed by atoms with E-state index in [-0.39, 0.29) is 73.3 Å². The molecule has 6 bridgehead atoms. The monoisotopic (exact) mass is 1090 g/mol. The molecule has 8 heterocycles. The van der Waals surface area contributed by atoms with E-state index in [0.29, 0.717) is 63.3 Å². The van der Waals surface area contributed by atoms with E-state index >= 15 is 4.79 Å². The Morgan fingerprint density at radius 1 is 1.13 bits per heavy atom. The number of quaternary nitrogens is 1. The van der Waals surface area contributed by atoms with Crippen molar-refractivity contribution in [1.82, 2.24) is 40.5 Å². The van der Waals surface area contributed by atoms with Crippen LogP contribution in [0.5, 0.6) is 0 Å². The molecule has 4 aromatic rings. The summed E-state index contributed by atoms with van der Waals surface area (Å²) in [5, 5.41) is 9.83. The average Bonchev–Trinajstić information content (AvgIpc) is 3.61. The number of benzene rings is 1. The summed E-state index contributed by atoms with van der Waals surface area (Å²) >= 11 is 1.10. The number of thiazole rings is 1. The number of nitrogens with one attached hydrogen (secondary N) is 3. The van der Waals surface area contributed by atoms with Crippen molar-refractivity contribution < 1.29 is 59.1 Å². The molecule has 1 aromatic carbocycles. The Hall–Kier alpha value is -4.28. The van der Waals surface area contributed by atoms with Crippen LogP contribution in [0.4, 0.5) is 4.79 Å². The van der Waals surface area contributed by atoms with Gasteiger partial charge in [-0.1, -0.05) is 13.8 Å². The summed E-state index contributed by atoms with van der Waals surface area (Å²) in [7, 11) is 7.33. The van der Waals surface area contributed by atoms with Gasteiger partial charge in [0.15, 0.2) is 0 Å². The van der Waals surface area contributed by atoms with Crippen molar-refractivity contribution in [3.8, 4) is 22.5 Å². The molecule has 3 aromatic heterocycles. The van der Waals surface area contributed by atoms with Crippen LogP contribution in [0.25, 0.3) is 33.4 Å². The topological polar surface area (TPSA) is 177 Å². The molecule has 369 valence electrons. The Bertz CT molecular complexity index is 2690. The number of pyridine rings is 1. The van der Waals surface area contributed by atoms with Gasteiger partial charge in [0, 0.05) is 41.7 Å². The number of nitrogens with zero attached hydrogens (tertiary/aromatic N) is 6. The van der Waals surface area contributed by atoms with Gasteiger partial charge in [-0.2, -0.15) is 0 Å². The number of fused-ring (bicyclic) bond motifs is 6. The van der Waals surface area contributed by atoms with Crippen LogP contribution in [0.3, 0.4) is 0 Å². The minimum Gasteiger partial charge on any atom is -0.0563 e. The van der Waals surface area contributed by atoms with Gasteiger partial charge >= 0.3 is 287 Å². The molecule has 19 heteroatoms. The van der Waals surface area contributed by atoms with Crippen LogP contribution in [0.1, 0.15) is 89.6 Å². The minimum atomic E-state index is -1.42. The number of hydrogen-bond acceptors (Lipinski definition) is 11. The van der Waals surface area contributed by atoms with Crippen LogP contribution in [0.15, 0.2) is 41.9 Å². The van der Waals surface area contributed by atoms with E-state index in [0.717, 1.165) is 49.1 Å². The van der Waals surface area contributed by atoms with Crippen molar-refractivity contribution in [2.75, 3.05) is 51.4 Å². The summed E-state index contributed by atoms with van der Waals surface area (Å²) in [4.78, 5) is 84.0. The number of ether oxygens (including phenoxy) is 2. The molecule has 1 spiro atoms. The van der Waals surface area contributed by atoms with E-state index in [1.165, 1.54) is 16.3 Å². The van der Waals surface area contributed by atoms with Crippen molar-refractivity contribution in [3.63, 3.8) is 0 Å². The van der Waals surface area contributed by atoms with Gasteiger partial charge in [0.2, 0.25) is 0 Å². The van der Waals surface area contributed by atoms with Crippen LogP contribution >= 0.6 is 11.3 Å². The van der Waals surface area contributed by atoms with E-state index < -0.39 is 45.9 Å². The van der Waals surface area contributed by atoms with Crippen LogP contribution in [-0.2, 0) is 48.0 Å². The molecule has 4 saturated heterocycles. The van der Waals surface area contributed by atoms with Gasteiger partial charge in [0.05, 0.1) is 24.1 Å². The second-order valence-corrected chi connectivity index (χ2v) is 25.9. The Balaban J connectivity index is 1.10. The predicted octanol–water partition coefficient (Wildman–Crippen LogP) is 1.93. The Morgan fingerprint density at radius 2 is 1.91 bits per heavy atom. The van der Waals surface area contributed by atoms with Gasteiger partial charge < -0.3 is 9.30 Å². The number of methoxy groups -OCH3 is 1. The summed E-state index contributed by atoms with van der Waals surface area (Å²) in [5.74, 6) is -1.64. The third-order valence-electron chi connectivity index (χ3n) is 15.0. The molecule has 5 aliphatic heterocycles. The van der Waals surface area contributed by atoms with E-state index in [2.05, 4.69) is 75.9 Å². The first-order chi connectivity index (χ1) is 32.8. The summed E-state index contributed by atoms with van der Waals surface area (Å²) in [6.45, 7) is 14.7. The first-order valence-corrected chi connectivity index (χ1v) is 28.4. The molecule has 3 radical (unpaired) electrons. The van der Waals surface area contributed by atoms with Crippen LogP contribution < -0.4 is 37.3 Å². The first kappa shape index (κ1) is 49.7. The second kappa shape index (κ2) is 19.0. The zero-order valence-electron chi connectivity index (χ0n) is 40.9. The fraction of sp³-hybridized carbons (Fsp3) is 0.580. The van der Waals surface area contributed by atoms with Gasteiger partial charge in [-0.3, -0.25) is 4.98 Å². The molecule has 7 atom stereocenters. The average molecular weight is 1090 g/mol. The van der Waals surface area contributed by atoms with Gasteiger partial charge in [0.25, 0.3) is 0 Å². The number of aryl methyl sites for hydroxylation is 1. The maximum atomic E-state index is 15.1. The fourth-order valence-corrected chi connectivity index (χ4v) is 14.9. The number of likely N-dealkylation sites (tertiary alicyclic amines) is 1. The SMILES string of the molecule is CCn1c(-c2cccnc2[C@H](C)OC)c2c3cc(ccc31)-c1csc(n1)C[C@H](NC(=O)[C@H](C(C)C)[N+](C)(C(=O)N1CC[C@@]3(CCNC3=O)C1)C1C[I-]1)C(=O)N1CCC[C@@]([Si])(N1)C(=O)OCC(C)(C)C2. The third kappa shape index (κ3) is 9.17. The van der Waals surface area contributed by atoms with Crippen LogP contribution in [0.2, 0.25) is 0 Å². The molecule has 5 amide bonds. The van der Waals surface area contributed by atoms with Crippen molar-refractivity contribution in [2.24, 2.45) is 16.7 Å². The number of rotatable bonds is 9. The van der Waals surface area contributed by atoms with E-state index in [9.17, 15) is 19.2 Å². The number of amides is 5. The van der Waals surface area contributed by atoms with Gasteiger partial charge in [-0.15, -0.1) is 0 Å². The van der Waals surface area contributed by atoms with Crippen molar-refractivity contribution in [2.45, 2.75) is 114 Å².